The Labute approximate surface area is 143 Å². The summed E-state index contributed by atoms with van der Waals surface area (Å²) >= 11 is 0. The van der Waals surface area contributed by atoms with E-state index in [0.717, 1.165) is 29.9 Å². The predicted molar refractivity (Wildman–Crippen MR) is 93.9 cm³/mol. The van der Waals surface area contributed by atoms with Crippen LogP contribution in [-0.4, -0.2) is 26.6 Å². The first-order valence-electron chi connectivity index (χ1n) is 8.13. The van der Waals surface area contributed by atoms with Crippen molar-refractivity contribution in [1.82, 2.24) is 0 Å². The maximum Gasteiger partial charge on any atom is 0.196 e. The van der Waals surface area contributed by atoms with Gasteiger partial charge in [-0.1, -0.05) is 25.5 Å². The molecular weight excluding hydrogens is 304 g/mol. The number of Topliss-reactive ketones (excluding diaryl/α,β-unsaturated/α-hetero) is 1. The molecule has 0 saturated carbocycles. The number of carbonyl (C=O) groups excluding carboxylic acids is 1. The van der Waals surface area contributed by atoms with Gasteiger partial charge in [-0.15, -0.1) is 0 Å². The molecule has 0 N–H and O–H groups in total. The van der Waals surface area contributed by atoms with Gasteiger partial charge in [0.25, 0.3) is 0 Å². The summed E-state index contributed by atoms with van der Waals surface area (Å²) in [6.07, 6.45) is 1.32. The highest BCUT2D eigenvalue weighted by molar-refractivity contribution is 6.00. The van der Waals surface area contributed by atoms with Crippen LogP contribution in [0.5, 0.6) is 11.5 Å². The maximum absolute atomic E-state index is 12.9. The lowest BCUT2D eigenvalue weighted by atomic mass is 9.99. The monoisotopic (exact) mass is 328 g/mol. The summed E-state index contributed by atoms with van der Waals surface area (Å²) in [4.78, 5) is 12.9. The molecule has 0 saturated heterocycles. The molecule has 1 atom stereocenters. The number of ether oxygens (including phenoxy) is 3. The molecule has 0 aliphatic carbocycles. The topological polar surface area (TPSA) is 44.8 Å². The molecule has 2 aromatic carbocycles. The van der Waals surface area contributed by atoms with Crippen molar-refractivity contribution in [3.05, 3.63) is 59.7 Å². The van der Waals surface area contributed by atoms with Crippen LogP contribution in [0.25, 0.3) is 0 Å². The molecule has 0 amide bonds. The summed E-state index contributed by atoms with van der Waals surface area (Å²) in [6, 6.07) is 14.5. The molecular formula is C20H24O4. The van der Waals surface area contributed by atoms with Crippen LogP contribution < -0.4 is 9.47 Å². The van der Waals surface area contributed by atoms with Crippen molar-refractivity contribution >= 4 is 5.78 Å². The summed E-state index contributed by atoms with van der Waals surface area (Å²) in [5.41, 5.74) is 1.43. The van der Waals surface area contributed by atoms with Crippen molar-refractivity contribution in [2.45, 2.75) is 25.9 Å². The smallest absolute Gasteiger partial charge is 0.196 e. The molecule has 128 valence electrons. The standard InChI is InChI=1S/C20H24O4/c1-4-5-14-24-20(16-8-12-18(23-3)13-9-16)19(21)15-6-10-17(22-2)11-7-15/h6-13,20H,4-5,14H2,1-3H3. The average molecular weight is 328 g/mol. The van der Waals surface area contributed by atoms with Gasteiger partial charge >= 0.3 is 0 Å². The average Bonchev–Trinajstić information content (AvgIpc) is 2.65. The van der Waals surface area contributed by atoms with Gasteiger partial charge in [0.15, 0.2) is 5.78 Å². The van der Waals surface area contributed by atoms with E-state index < -0.39 is 6.10 Å². The second-order valence-corrected chi connectivity index (χ2v) is 5.47. The van der Waals surface area contributed by atoms with Gasteiger partial charge in [0.05, 0.1) is 14.2 Å². The third-order valence-electron chi connectivity index (χ3n) is 3.81. The maximum atomic E-state index is 12.9. The van der Waals surface area contributed by atoms with Crippen molar-refractivity contribution < 1.29 is 19.0 Å². The highest BCUT2D eigenvalue weighted by Gasteiger charge is 2.23. The van der Waals surface area contributed by atoms with Crippen LogP contribution in [0.4, 0.5) is 0 Å². The molecule has 0 aromatic heterocycles. The van der Waals surface area contributed by atoms with E-state index in [4.69, 9.17) is 14.2 Å². The van der Waals surface area contributed by atoms with Crippen molar-refractivity contribution in [2.75, 3.05) is 20.8 Å². The number of hydrogen-bond donors (Lipinski definition) is 0. The zero-order valence-corrected chi connectivity index (χ0v) is 14.5. The number of unbranched alkanes of at least 4 members (excludes halogenated alkanes) is 1. The highest BCUT2D eigenvalue weighted by Crippen LogP contribution is 2.26. The van der Waals surface area contributed by atoms with Crippen molar-refractivity contribution in [3.8, 4) is 11.5 Å². The van der Waals surface area contributed by atoms with E-state index in [0.29, 0.717) is 12.2 Å². The van der Waals surface area contributed by atoms with E-state index >= 15 is 0 Å². The largest absolute Gasteiger partial charge is 0.497 e. The summed E-state index contributed by atoms with van der Waals surface area (Å²) in [5, 5.41) is 0. The molecule has 0 aliphatic heterocycles. The first-order chi connectivity index (χ1) is 11.7. The quantitative estimate of drug-likeness (QED) is 0.504. The van der Waals surface area contributed by atoms with Gasteiger partial charge in [-0.3, -0.25) is 4.79 Å². The number of rotatable bonds is 9. The molecule has 24 heavy (non-hydrogen) atoms. The summed E-state index contributed by atoms with van der Waals surface area (Å²) < 4.78 is 16.2. The Balaban J connectivity index is 2.23. The van der Waals surface area contributed by atoms with E-state index in [1.165, 1.54) is 0 Å². The lowest BCUT2D eigenvalue weighted by Crippen LogP contribution is -2.17. The van der Waals surface area contributed by atoms with E-state index in [1.807, 2.05) is 24.3 Å². The molecule has 4 nitrogen and oxygen atoms in total. The van der Waals surface area contributed by atoms with Crippen LogP contribution in [0.3, 0.4) is 0 Å². The van der Waals surface area contributed by atoms with Gasteiger partial charge < -0.3 is 14.2 Å². The number of carbonyl (C=O) groups is 1. The second kappa shape index (κ2) is 9.08. The van der Waals surface area contributed by atoms with Gasteiger partial charge in [0.2, 0.25) is 0 Å². The third kappa shape index (κ3) is 4.59. The molecule has 0 spiro atoms. The third-order valence-corrected chi connectivity index (χ3v) is 3.81. The lowest BCUT2D eigenvalue weighted by molar-refractivity contribution is 0.0395. The minimum atomic E-state index is -0.615. The van der Waals surface area contributed by atoms with Gasteiger partial charge in [-0.05, 0) is 48.4 Å². The molecule has 4 heteroatoms. The summed E-state index contributed by atoms with van der Waals surface area (Å²) in [7, 11) is 3.22. The van der Waals surface area contributed by atoms with Crippen LogP contribution >= 0.6 is 0 Å². The molecule has 0 fully saturated rings. The molecule has 2 aromatic rings. The van der Waals surface area contributed by atoms with E-state index in [2.05, 4.69) is 6.92 Å². The van der Waals surface area contributed by atoms with Gasteiger partial charge in [0.1, 0.15) is 17.6 Å². The lowest BCUT2D eigenvalue weighted by Gasteiger charge is -2.18. The predicted octanol–water partition coefficient (Wildman–Crippen LogP) is 4.44. The Morgan fingerprint density at radius 1 is 0.917 bits per heavy atom. The number of benzene rings is 2. The van der Waals surface area contributed by atoms with E-state index in [1.54, 1.807) is 38.5 Å². The van der Waals surface area contributed by atoms with Crippen LogP contribution in [0.15, 0.2) is 48.5 Å². The summed E-state index contributed by atoms with van der Waals surface area (Å²) in [6.45, 7) is 2.64. The number of hydrogen-bond acceptors (Lipinski definition) is 4. The molecule has 1 unspecified atom stereocenters. The minimum Gasteiger partial charge on any atom is -0.497 e. The highest BCUT2D eigenvalue weighted by atomic mass is 16.5. The van der Waals surface area contributed by atoms with E-state index in [-0.39, 0.29) is 5.78 Å². The van der Waals surface area contributed by atoms with Crippen LogP contribution in [0.2, 0.25) is 0 Å². The normalized spacial score (nSPS) is 11.8. The Hall–Kier alpha value is -2.33. The molecule has 0 radical (unpaired) electrons. The fraction of sp³-hybridized carbons (Fsp3) is 0.350. The van der Waals surface area contributed by atoms with Crippen molar-refractivity contribution in [1.29, 1.82) is 0 Å². The zero-order valence-electron chi connectivity index (χ0n) is 14.5. The van der Waals surface area contributed by atoms with Crippen LogP contribution in [0.1, 0.15) is 41.8 Å². The minimum absolute atomic E-state index is 0.0566. The molecule has 0 heterocycles. The SMILES string of the molecule is CCCCOC(C(=O)c1ccc(OC)cc1)c1ccc(OC)cc1. The zero-order chi connectivity index (χ0) is 17.4. The molecule has 0 aliphatic rings. The van der Waals surface area contributed by atoms with Crippen molar-refractivity contribution in [2.24, 2.45) is 0 Å². The molecule has 2 rings (SSSR count). The van der Waals surface area contributed by atoms with Gasteiger partial charge in [-0.25, -0.2) is 0 Å². The fourth-order valence-electron chi connectivity index (χ4n) is 2.35. The number of ketones is 1. The summed E-state index contributed by atoms with van der Waals surface area (Å²) in [5.74, 6) is 1.42. The first kappa shape index (κ1) is 18.0. The fourth-order valence-corrected chi connectivity index (χ4v) is 2.35. The Bertz CT molecular complexity index is 632. The van der Waals surface area contributed by atoms with E-state index in [9.17, 15) is 4.79 Å². The Kier molecular flexibility index (Phi) is 6.82. The molecule has 0 bridgehead atoms. The second-order valence-electron chi connectivity index (χ2n) is 5.47. The first-order valence-corrected chi connectivity index (χ1v) is 8.13. The van der Waals surface area contributed by atoms with Gasteiger partial charge in [-0.2, -0.15) is 0 Å². The number of methoxy groups -OCH3 is 2. The van der Waals surface area contributed by atoms with Gasteiger partial charge in [0, 0.05) is 12.2 Å². The van der Waals surface area contributed by atoms with Crippen molar-refractivity contribution in [3.63, 3.8) is 0 Å². The Morgan fingerprint density at radius 2 is 1.46 bits per heavy atom. The Morgan fingerprint density at radius 3 is 1.96 bits per heavy atom. The van der Waals surface area contributed by atoms with Crippen LogP contribution in [-0.2, 0) is 4.74 Å². The van der Waals surface area contributed by atoms with Crippen LogP contribution in [0, 0.1) is 0 Å².